The monoisotopic (exact) mass is 355 g/mol. The van der Waals surface area contributed by atoms with Gasteiger partial charge >= 0.3 is 0 Å². The Kier molecular flexibility index (Phi) is 4.47. The molecule has 2 aromatic heterocycles. The Morgan fingerprint density at radius 2 is 1.67 bits per heavy atom. The lowest BCUT2D eigenvalue weighted by atomic mass is 10.0. The number of rotatable bonds is 4. The fourth-order valence-corrected chi connectivity index (χ4v) is 3.27. The third-order valence-corrected chi connectivity index (χ3v) is 4.74. The molecule has 4 nitrogen and oxygen atoms in total. The summed E-state index contributed by atoms with van der Waals surface area (Å²) in [7, 11) is 0. The van der Waals surface area contributed by atoms with Gasteiger partial charge in [0.05, 0.1) is 29.5 Å². The van der Waals surface area contributed by atoms with Crippen LogP contribution in [0.15, 0.2) is 79.3 Å². The number of aryl methyl sites for hydroxylation is 1. The highest BCUT2D eigenvalue weighted by molar-refractivity contribution is 5.79. The van der Waals surface area contributed by atoms with Crippen LogP contribution in [-0.4, -0.2) is 19.6 Å². The minimum Gasteiger partial charge on any atom is -0.508 e. The molecule has 0 aliphatic heterocycles. The van der Waals surface area contributed by atoms with Gasteiger partial charge in [-0.2, -0.15) is 0 Å². The van der Waals surface area contributed by atoms with Crippen molar-refractivity contribution < 1.29 is 5.11 Å². The largest absolute Gasteiger partial charge is 0.508 e. The molecule has 134 valence electrons. The topological polar surface area (TPSA) is 50.9 Å². The number of imidazole rings is 1. The second kappa shape index (κ2) is 7.08. The molecule has 0 radical (unpaired) electrons. The van der Waals surface area contributed by atoms with Crippen molar-refractivity contribution in [3.8, 4) is 28.3 Å². The first-order valence-electron chi connectivity index (χ1n) is 8.97. The van der Waals surface area contributed by atoms with Crippen molar-refractivity contribution in [3.05, 3.63) is 90.5 Å². The van der Waals surface area contributed by atoms with Gasteiger partial charge in [0.2, 0.25) is 0 Å². The van der Waals surface area contributed by atoms with E-state index in [9.17, 15) is 5.11 Å². The lowest BCUT2D eigenvalue weighted by molar-refractivity contribution is 0.475. The number of benzene rings is 2. The van der Waals surface area contributed by atoms with Gasteiger partial charge in [-0.05, 0) is 37.6 Å². The standard InChI is InChI=1S/C23H21N3O/c1-16-11-12-21(24-14-16)17(2)26-15-25-22(18-7-4-3-5-8-18)23(26)19-9-6-10-20(27)13-19/h3-15,17,27H,1-2H3. The number of hydrogen-bond acceptors (Lipinski definition) is 3. The average Bonchev–Trinajstić information content (AvgIpc) is 3.14. The minimum absolute atomic E-state index is 0.00733. The number of phenolic OH excluding ortho intramolecular Hbond substituents is 1. The molecule has 4 heteroatoms. The summed E-state index contributed by atoms with van der Waals surface area (Å²) in [6, 6.07) is 21.5. The molecule has 1 atom stereocenters. The molecule has 27 heavy (non-hydrogen) atoms. The molecule has 2 heterocycles. The molecule has 0 bridgehead atoms. The van der Waals surface area contributed by atoms with Crippen molar-refractivity contribution in [1.82, 2.24) is 14.5 Å². The summed E-state index contributed by atoms with van der Waals surface area (Å²) >= 11 is 0. The molecule has 1 N–H and O–H groups in total. The van der Waals surface area contributed by atoms with Crippen LogP contribution in [-0.2, 0) is 0 Å². The predicted octanol–water partition coefficient (Wildman–Crippen LogP) is 5.24. The highest BCUT2D eigenvalue weighted by Gasteiger charge is 2.20. The van der Waals surface area contributed by atoms with Crippen molar-refractivity contribution >= 4 is 0 Å². The van der Waals surface area contributed by atoms with Crippen LogP contribution < -0.4 is 0 Å². The van der Waals surface area contributed by atoms with E-state index in [1.165, 1.54) is 0 Å². The predicted molar refractivity (Wildman–Crippen MR) is 108 cm³/mol. The molecule has 0 fully saturated rings. The average molecular weight is 355 g/mol. The number of nitrogens with zero attached hydrogens (tertiary/aromatic N) is 3. The Morgan fingerprint density at radius 1 is 0.889 bits per heavy atom. The second-order valence-corrected chi connectivity index (χ2v) is 6.70. The number of pyridine rings is 1. The summed E-state index contributed by atoms with van der Waals surface area (Å²) in [5.41, 5.74) is 5.92. The van der Waals surface area contributed by atoms with Crippen molar-refractivity contribution in [2.24, 2.45) is 0 Å². The Labute approximate surface area is 158 Å². The molecular formula is C23H21N3O. The van der Waals surface area contributed by atoms with Crippen molar-refractivity contribution in [2.75, 3.05) is 0 Å². The molecule has 0 saturated carbocycles. The van der Waals surface area contributed by atoms with E-state index in [-0.39, 0.29) is 11.8 Å². The Balaban J connectivity index is 1.89. The molecular weight excluding hydrogens is 334 g/mol. The zero-order valence-corrected chi connectivity index (χ0v) is 15.4. The number of phenols is 1. The zero-order valence-electron chi connectivity index (χ0n) is 15.4. The van der Waals surface area contributed by atoms with E-state index in [0.29, 0.717) is 0 Å². The smallest absolute Gasteiger partial charge is 0.116 e. The summed E-state index contributed by atoms with van der Waals surface area (Å²) < 4.78 is 2.12. The minimum atomic E-state index is 0.00733. The highest BCUT2D eigenvalue weighted by Crippen LogP contribution is 2.35. The summed E-state index contributed by atoms with van der Waals surface area (Å²) in [5.74, 6) is 0.236. The van der Waals surface area contributed by atoms with Crippen LogP contribution in [0.2, 0.25) is 0 Å². The summed E-state index contributed by atoms with van der Waals surface area (Å²) in [6.07, 6.45) is 3.74. The van der Waals surface area contributed by atoms with E-state index in [4.69, 9.17) is 4.98 Å². The van der Waals surface area contributed by atoms with Gasteiger partial charge < -0.3 is 9.67 Å². The first kappa shape index (κ1) is 17.0. The maximum absolute atomic E-state index is 10.0. The van der Waals surface area contributed by atoms with Crippen LogP contribution in [0.25, 0.3) is 22.5 Å². The SMILES string of the molecule is Cc1ccc(C(C)n2cnc(-c3ccccc3)c2-c2cccc(O)c2)nc1. The quantitative estimate of drug-likeness (QED) is 0.545. The Bertz CT molecular complexity index is 1050. The van der Waals surface area contributed by atoms with Crippen LogP contribution in [0.1, 0.15) is 24.2 Å². The van der Waals surface area contributed by atoms with Gasteiger partial charge in [-0.15, -0.1) is 0 Å². The maximum atomic E-state index is 10.0. The molecule has 0 aliphatic carbocycles. The summed E-state index contributed by atoms with van der Waals surface area (Å²) in [5, 5.41) is 10.0. The van der Waals surface area contributed by atoms with Gasteiger partial charge in [-0.3, -0.25) is 4.98 Å². The highest BCUT2D eigenvalue weighted by atomic mass is 16.3. The third-order valence-electron chi connectivity index (χ3n) is 4.74. The summed E-state index contributed by atoms with van der Waals surface area (Å²) in [4.78, 5) is 9.30. The first-order valence-corrected chi connectivity index (χ1v) is 8.97. The number of hydrogen-bond donors (Lipinski definition) is 1. The molecule has 4 rings (SSSR count). The third kappa shape index (κ3) is 3.34. The zero-order chi connectivity index (χ0) is 18.8. The van der Waals surface area contributed by atoms with Gasteiger partial charge in [0.15, 0.2) is 0 Å². The normalized spacial score (nSPS) is 12.1. The molecule has 1 unspecified atom stereocenters. The van der Waals surface area contributed by atoms with E-state index in [1.807, 2.05) is 61.9 Å². The van der Waals surface area contributed by atoms with Gasteiger partial charge in [0.25, 0.3) is 0 Å². The van der Waals surface area contributed by atoms with E-state index < -0.39 is 0 Å². The van der Waals surface area contributed by atoms with Gasteiger partial charge in [0.1, 0.15) is 5.75 Å². The van der Waals surface area contributed by atoms with Crippen LogP contribution >= 0.6 is 0 Å². The van der Waals surface area contributed by atoms with Crippen molar-refractivity contribution in [2.45, 2.75) is 19.9 Å². The van der Waals surface area contributed by atoms with Crippen LogP contribution in [0.4, 0.5) is 0 Å². The van der Waals surface area contributed by atoms with E-state index in [2.05, 4.69) is 28.6 Å². The fourth-order valence-electron chi connectivity index (χ4n) is 3.27. The molecule has 0 aliphatic rings. The number of aromatic nitrogens is 3. The van der Waals surface area contributed by atoms with Crippen molar-refractivity contribution in [3.63, 3.8) is 0 Å². The van der Waals surface area contributed by atoms with Gasteiger partial charge in [-0.1, -0.05) is 48.5 Å². The fraction of sp³-hybridized carbons (Fsp3) is 0.130. The van der Waals surface area contributed by atoms with E-state index in [0.717, 1.165) is 33.8 Å². The molecule has 2 aromatic carbocycles. The maximum Gasteiger partial charge on any atom is 0.116 e. The summed E-state index contributed by atoms with van der Waals surface area (Å²) in [6.45, 7) is 4.14. The molecule has 0 spiro atoms. The van der Waals surface area contributed by atoms with Crippen LogP contribution in [0, 0.1) is 6.92 Å². The Morgan fingerprint density at radius 3 is 2.37 bits per heavy atom. The van der Waals surface area contributed by atoms with Crippen LogP contribution in [0.5, 0.6) is 5.75 Å². The van der Waals surface area contributed by atoms with Gasteiger partial charge in [-0.25, -0.2) is 4.98 Å². The second-order valence-electron chi connectivity index (χ2n) is 6.70. The Hall–Kier alpha value is -3.40. The molecule has 0 amide bonds. The van der Waals surface area contributed by atoms with E-state index >= 15 is 0 Å². The van der Waals surface area contributed by atoms with Crippen molar-refractivity contribution in [1.29, 1.82) is 0 Å². The van der Waals surface area contributed by atoms with Gasteiger partial charge in [0, 0.05) is 17.3 Å². The first-order chi connectivity index (χ1) is 13.1. The lowest BCUT2D eigenvalue weighted by Crippen LogP contribution is -2.09. The van der Waals surface area contributed by atoms with E-state index in [1.54, 1.807) is 12.1 Å². The lowest BCUT2D eigenvalue weighted by Gasteiger charge is -2.18. The van der Waals surface area contributed by atoms with Crippen LogP contribution in [0.3, 0.4) is 0 Å². The molecule has 4 aromatic rings. The number of aromatic hydroxyl groups is 1. The molecule has 0 saturated heterocycles.